The predicted molar refractivity (Wildman–Crippen MR) is 106 cm³/mol. The summed E-state index contributed by atoms with van der Waals surface area (Å²) in [7, 11) is 2.07. The number of aliphatic hydroxyl groups is 1. The molecule has 2 N–H and O–H groups in total. The smallest absolute Gasteiger partial charge is 0.117 e. The van der Waals surface area contributed by atoms with Crippen molar-refractivity contribution in [2.45, 2.75) is 19.1 Å². The summed E-state index contributed by atoms with van der Waals surface area (Å²) < 4.78 is 0. The molecule has 2 aromatic rings. The van der Waals surface area contributed by atoms with E-state index in [1.165, 1.54) is 11.1 Å². The van der Waals surface area contributed by atoms with E-state index in [-0.39, 0.29) is 6.61 Å². The number of aryl methyl sites for hydroxylation is 1. The molecule has 132 valence electrons. The Morgan fingerprint density at radius 1 is 1.28 bits per heavy atom. The van der Waals surface area contributed by atoms with Gasteiger partial charge in [-0.05, 0) is 29.8 Å². The zero-order chi connectivity index (χ0) is 17.6. The summed E-state index contributed by atoms with van der Waals surface area (Å²) in [5.74, 6) is 2.46. The van der Waals surface area contributed by atoms with Gasteiger partial charge in [-0.25, -0.2) is 4.98 Å². The second kappa shape index (κ2) is 8.41. The van der Waals surface area contributed by atoms with Gasteiger partial charge in [-0.15, -0.1) is 0 Å². The van der Waals surface area contributed by atoms with Crippen LogP contribution in [0.25, 0.3) is 16.8 Å². The summed E-state index contributed by atoms with van der Waals surface area (Å²) in [5.41, 5.74) is 5.72. The Balaban J connectivity index is 1.94. The van der Waals surface area contributed by atoms with Crippen molar-refractivity contribution in [2.75, 3.05) is 26.0 Å². The Morgan fingerprint density at radius 2 is 2.08 bits per heavy atom. The third kappa shape index (κ3) is 4.35. The Hall–Kier alpha value is -1.98. The van der Waals surface area contributed by atoms with Crippen LogP contribution in [-0.2, 0) is 12.2 Å². The van der Waals surface area contributed by atoms with Crippen LogP contribution in [0.15, 0.2) is 42.6 Å². The average Bonchev–Trinajstić information content (AvgIpc) is 3.07. The van der Waals surface area contributed by atoms with Crippen molar-refractivity contribution in [2.24, 2.45) is 0 Å². The molecule has 1 aliphatic heterocycles. The van der Waals surface area contributed by atoms with Crippen molar-refractivity contribution in [1.82, 2.24) is 14.9 Å². The summed E-state index contributed by atoms with van der Waals surface area (Å²) in [6.07, 6.45) is 7.49. The van der Waals surface area contributed by atoms with Gasteiger partial charge in [-0.1, -0.05) is 37.3 Å². The van der Waals surface area contributed by atoms with Gasteiger partial charge in [0, 0.05) is 24.9 Å². The van der Waals surface area contributed by atoms with Crippen molar-refractivity contribution >= 4 is 17.3 Å². The normalized spacial score (nSPS) is 14.0. The molecule has 1 aromatic heterocycles. The molecule has 1 aromatic carbocycles. The van der Waals surface area contributed by atoms with Crippen molar-refractivity contribution in [3.8, 4) is 11.3 Å². The summed E-state index contributed by atoms with van der Waals surface area (Å²) in [6, 6.07) is 8.66. The van der Waals surface area contributed by atoms with Gasteiger partial charge >= 0.3 is 0 Å². The number of allylic oxidation sites excluding steroid dienone is 2. The minimum atomic E-state index is 0.198. The first-order chi connectivity index (χ1) is 12.2. The lowest BCUT2D eigenvalue weighted by molar-refractivity contribution is 0.322. The Bertz CT molecular complexity index is 762. The molecule has 5 heteroatoms. The number of likely N-dealkylation sites (N-methyl/N-ethyl adjacent to an activating group) is 1. The highest BCUT2D eigenvalue weighted by Gasteiger charge is 2.16. The highest BCUT2D eigenvalue weighted by Crippen LogP contribution is 2.30. The monoisotopic (exact) mass is 355 g/mol. The van der Waals surface area contributed by atoms with E-state index in [0.717, 1.165) is 47.2 Å². The van der Waals surface area contributed by atoms with Gasteiger partial charge in [0.1, 0.15) is 5.82 Å². The molecule has 0 amide bonds. The molecule has 0 saturated heterocycles. The maximum atomic E-state index is 8.99. The molecule has 25 heavy (non-hydrogen) atoms. The van der Waals surface area contributed by atoms with E-state index in [2.05, 4.69) is 66.5 Å². The van der Waals surface area contributed by atoms with Gasteiger partial charge in [-0.2, -0.15) is 11.8 Å². The minimum Gasteiger partial charge on any atom is -0.396 e. The van der Waals surface area contributed by atoms with Crippen LogP contribution in [-0.4, -0.2) is 45.9 Å². The van der Waals surface area contributed by atoms with E-state index in [1.54, 1.807) is 11.8 Å². The lowest BCUT2D eigenvalue weighted by Crippen LogP contribution is -2.13. The lowest BCUT2D eigenvalue weighted by atomic mass is 10.0. The first-order valence-electron chi connectivity index (χ1n) is 8.67. The molecule has 0 saturated carbocycles. The van der Waals surface area contributed by atoms with Crippen LogP contribution in [0.1, 0.15) is 24.0 Å². The van der Waals surface area contributed by atoms with E-state index < -0.39 is 0 Å². The van der Waals surface area contributed by atoms with E-state index in [0.29, 0.717) is 0 Å². The second-order valence-corrected chi connectivity index (χ2v) is 7.25. The van der Waals surface area contributed by atoms with Gasteiger partial charge in [0.25, 0.3) is 0 Å². The lowest BCUT2D eigenvalue weighted by Gasteiger charge is -2.17. The molecule has 4 nitrogen and oxygen atoms in total. The molecule has 0 fully saturated rings. The van der Waals surface area contributed by atoms with Gasteiger partial charge in [0.2, 0.25) is 0 Å². The molecule has 0 atom stereocenters. The molecular formula is C20H25N3OS. The van der Waals surface area contributed by atoms with Crippen LogP contribution in [0, 0.1) is 0 Å². The Kier molecular flexibility index (Phi) is 6.00. The van der Waals surface area contributed by atoms with Crippen LogP contribution in [0.5, 0.6) is 0 Å². The predicted octanol–water partition coefficient (Wildman–Crippen LogP) is 3.71. The topological polar surface area (TPSA) is 52.2 Å². The van der Waals surface area contributed by atoms with Crippen molar-refractivity contribution in [3.05, 3.63) is 59.7 Å². The van der Waals surface area contributed by atoms with Crippen molar-refractivity contribution in [3.63, 3.8) is 0 Å². The number of thioether (sulfide) groups is 1. The van der Waals surface area contributed by atoms with E-state index >= 15 is 0 Å². The molecular weight excluding hydrogens is 330 g/mol. The highest BCUT2D eigenvalue weighted by molar-refractivity contribution is 7.98. The number of nitrogens with one attached hydrogen (secondary N) is 1. The van der Waals surface area contributed by atoms with Crippen LogP contribution in [0.2, 0.25) is 0 Å². The Morgan fingerprint density at radius 3 is 2.72 bits per heavy atom. The number of hydrogen-bond donors (Lipinski definition) is 2. The number of nitrogens with zero attached hydrogens (tertiary/aromatic N) is 2. The Labute approximate surface area is 153 Å². The SMILES string of the molecule is CCc1ccc(-c2nc(CSCCO)[nH]c2C2=CCN(C)C=C2)cc1. The first-order valence-corrected chi connectivity index (χ1v) is 9.82. The van der Waals surface area contributed by atoms with Crippen LogP contribution >= 0.6 is 11.8 Å². The fraction of sp³-hybridized carbons (Fsp3) is 0.350. The van der Waals surface area contributed by atoms with Crippen LogP contribution in [0.4, 0.5) is 0 Å². The van der Waals surface area contributed by atoms with E-state index in [4.69, 9.17) is 10.1 Å². The fourth-order valence-electron chi connectivity index (χ4n) is 2.80. The van der Waals surface area contributed by atoms with E-state index in [9.17, 15) is 0 Å². The van der Waals surface area contributed by atoms with Gasteiger partial charge < -0.3 is 15.0 Å². The number of rotatable bonds is 7. The van der Waals surface area contributed by atoms with Gasteiger partial charge in [0.05, 0.1) is 23.7 Å². The molecule has 3 rings (SSSR count). The van der Waals surface area contributed by atoms with Crippen molar-refractivity contribution < 1.29 is 5.11 Å². The zero-order valence-electron chi connectivity index (χ0n) is 14.8. The van der Waals surface area contributed by atoms with Gasteiger partial charge in [-0.3, -0.25) is 0 Å². The number of imidazole rings is 1. The third-order valence-electron chi connectivity index (χ3n) is 4.26. The maximum Gasteiger partial charge on any atom is 0.117 e. The summed E-state index contributed by atoms with van der Waals surface area (Å²) in [4.78, 5) is 10.5. The first kappa shape index (κ1) is 17.8. The quantitative estimate of drug-likeness (QED) is 0.744. The molecule has 0 spiro atoms. The number of benzene rings is 1. The largest absolute Gasteiger partial charge is 0.396 e. The summed E-state index contributed by atoms with van der Waals surface area (Å²) in [5, 5.41) is 8.99. The standard InChI is InChI=1S/C20H25N3OS/c1-3-15-4-6-16(7-5-15)19-20(17-8-10-23(2)11-9-17)22-18(21-19)14-25-13-12-24/h4-10,24H,3,11-14H2,1-2H3,(H,21,22). The second-order valence-electron chi connectivity index (χ2n) is 6.15. The number of hydrogen-bond acceptors (Lipinski definition) is 4. The molecule has 0 bridgehead atoms. The molecule has 0 radical (unpaired) electrons. The summed E-state index contributed by atoms with van der Waals surface area (Å²) in [6.45, 7) is 3.26. The fourth-order valence-corrected chi connectivity index (χ4v) is 3.41. The molecule has 0 unspecified atom stereocenters. The molecule has 1 aliphatic rings. The maximum absolute atomic E-state index is 8.99. The average molecular weight is 356 g/mol. The highest BCUT2D eigenvalue weighted by atomic mass is 32.2. The van der Waals surface area contributed by atoms with Crippen LogP contribution < -0.4 is 0 Å². The third-order valence-corrected chi connectivity index (χ3v) is 5.21. The number of H-pyrrole nitrogens is 1. The number of aromatic nitrogens is 2. The van der Waals surface area contributed by atoms with Crippen LogP contribution in [0.3, 0.4) is 0 Å². The number of aliphatic hydroxyl groups excluding tert-OH is 1. The minimum absolute atomic E-state index is 0.198. The molecule has 2 heterocycles. The number of aromatic amines is 1. The van der Waals surface area contributed by atoms with Crippen molar-refractivity contribution in [1.29, 1.82) is 0 Å². The summed E-state index contributed by atoms with van der Waals surface area (Å²) >= 11 is 1.69. The zero-order valence-corrected chi connectivity index (χ0v) is 15.6. The van der Waals surface area contributed by atoms with Gasteiger partial charge in [0.15, 0.2) is 0 Å². The molecule has 0 aliphatic carbocycles. The van der Waals surface area contributed by atoms with E-state index in [1.807, 2.05) is 0 Å².